The van der Waals surface area contributed by atoms with Crippen molar-refractivity contribution < 1.29 is 10.2 Å². The molecule has 0 aromatic heterocycles. The van der Waals surface area contributed by atoms with Crippen molar-refractivity contribution in [2.75, 3.05) is 0 Å². The molecule has 2 N–H and O–H groups in total. The van der Waals surface area contributed by atoms with E-state index >= 15 is 0 Å². The van der Waals surface area contributed by atoms with Crippen molar-refractivity contribution in [2.45, 2.75) is 90.3 Å². The van der Waals surface area contributed by atoms with Crippen LogP contribution in [0, 0.1) is 0 Å². The molecular weight excluding hydrogens is 200 g/mol. The lowest BCUT2D eigenvalue weighted by molar-refractivity contribution is 0.0392. The van der Waals surface area contributed by atoms with Gasteiger partial charge in [0.2, 0.25) is 0 Å². The van der Waals surface area contributed by atoms with E-state index in [9.17, 15) is 10.2 Å². The highest BCUT2D eigenvalue weighted by atomic mass is 16.3. The fourth-order valence-electron chi connectivity index (χ4n) is 1.85. The van der Waals surface area contributed by atoms with E-state index in [1.807, 2.05) is 13.8 Å². The van der Waals surface area contributed by atoms with E-state index in [1.54, 1.807) is 0 Å². The standard InChI is InChI=1S/C14H30O2/c1-4-6-7-8-10-13(15)11-9-12-14(3,16)5-2/h13,15-16H,4-12H2,1-3H3. The SMILES string of the molecule is CCCCCCC(O)CCCC(C)(O)CC. The van der Waals surface area contributed by atoms with Crippen LogP contribution in [0.4, 0.5) is 0 Å². The molecule has 0 rings (SSSR count). The molecule has 2 atom stereocenters. The second-order valence-corrected chi connectivity index (χ2v) is 5.25. The fraction of sp³-hybridized carbons (Fsp3) is 1.00. The third-order valence-corrected chi connectivity index (χ3v) is 3.41. The van der Waals surface area contributed by atoms with Crippen LogP contribution in [0.3, 0.4) is 0 Å². The van der Waals surface area contributed by atoms with Gasteiger partial charge in [0.1, 0.15) is 0 Å². The van der Waals surface area contributed by atoms with Gasteiger partial charge in [-0.25, -0.2) is 0 Å². The van der Waals surface area contributed by atoms with Crippen molar-refractivity contribution in [3.8, 4) is 0 Å². The predicted molar refractivity (Wildman–Crippen MR) is 69.5 cm³/mol. The Bertz CT molecular complexity index is 155. The lowest BCUT2D eigenvalue weighted by Gasteiger charge is -2.21. The van der Waals surface area contributed by atoms with Gasteiger partial charge in [-0.15, -0.1) is 0 Å². The van der Waals surface area contributed by atoms with Gasteiger partial charge in [0, 0.05) is 0 Å². The van der Waals surface area contributed by atoms with E-state index in [4.69, 9.17) is 0 Å². The minimum atomic E-state index is -0.540. The molecule has 0 spiro atoms. The van der Waals surface area contributed by atoms with Crippen molar-refractivity contribution in [1.29, 1.82) is 0 Å². The summed E-state index contributed by atoms with van der Waals surface area (Å²) in [5, 5.41) is 19.5. The Hall–Kier alpha value is -0.0800. The summed E-state index contributed by atoms with van der Waals surface area (Å²) in [6.45, 7) is 6.07. The van der Waals surface area contributed by atoms with Crippen LogP contribution in [0.1, 0.15) is 78.6 Å². The van der Waals surface area contributed by atoms with Gasteiger partial charge in [-0.2, -0.15) is 0 Å². The molecule has 16 heavy (non-hydrogen) atoms. The normalized spacial score (nSPS) is 17.1. The Labute approximate surface area is 101 Å². The summed E-state index contributed by atoms with van der Waals surface area (Å²) in [6, 6.07) is 0. The van der Waals surface area contributed by atoms with Gasteiger partial charge in [0.15, 0.2) is 0 Å². The lowest BCUT2D eigenvalue weighted by atomic mass is 9.94. The molecule has 0 aliphatic carbocycles. The van der Waals surface area contributed by atoms with E-state index in [-0.39, 0.29) is 6.10 Å². The Kier molecular flexibility index (Phi) is 8.96. The van der Waals surface area contributed by atoms with Gasteiger partial charge in [-0.3, -0.25) is 0 Å². The van der Waals surface area contributed by atoms with Gasteiger partial charge in [-0.1, -0.05) is 39.5 Å². The zero-order valence-corrected chi connectivity index (χ0v) is 11.3. The van der Waals surface area contributed by atoms with Crippen LogP contribution in [0.15, 0.2) is 0 Å². The number of rotatable bonds is 10. The van der Waals surface area contributed by atoms with Gasteiger partial charge in [0.25, 0.3) is 0 Å². The van der Waals surface area contributed by atoms with E-state index < -0.39 is 5.60 Å². The predicted octanol–water partition coefficient (Wildman–Crippen LogP) is 3.65. The van der Waals surface area contributed by atoms with E-state index in [2.05, 4.69) is 6.92 Å². The maximum absolute atomic E-state index is 9.80. The molecule has 0 amide bonds. The molecule has 2 nitrogen and oxygen atoms in total. The highest BCUT2D eigenvalue weighted by Gasteiger charge is 2.17. The summed E-state index contributed by atoms with van der Waals surface area (Å²) in [5.41, 5.74) is -0.540. The Balaban J connectivity index is 3.40. The minimum absolute atomic E-state index is 0.162. The van der Waals surface area contributed by atoms with Gasteiger partial charge in [0.05, 0.1) is 11.7 Å². The van der Waals surface area contributed by atoms with Crippen molar-refractivity contribution in [3.63, 3.8) is 0 Å². The third-order valence-electron chi connectivity index (χ3n) is 3.41. The Morgan fingerprint density at radius 3 is 2.19 bits per heavy atom. The summed E-state index contributed by atoms with van der Waals surface area (Å²) in [6.07, 6.45) is 9.01. The zero-order chi connectivity index (χ0) is 12.4. The minimum Gasteiger partial charge on any atom is -0.393 e. The van der Waals surface area contributed by atoms with Crippen molar-refractivity contribution in [1.82, 2.24) is 0 Å². The number of hydrogen-bond acceptors (Lipinski definition) is 2. The number of hydrogen-bond donors (Lipinski definition) is 2. The number of unbranched alkanes of at least 4 members (excludes halogenated alkanes) is 3. The summed E-state index contributed by atoms with van der Waals surface area (Å²) in [5.74, 6) is 0. The van der Waals surface area contributed by atoms with E-state index in [0.29, 0.717) is 0 Å². The lowest BCUT2D eigenvalue weighted by Crippen LogP contribution is -2.23. The molecule has 2 unspecified atom stereocenters. The van der Waals surface area contributed by atoms with Crippen LogP contribution in [0.5, 0.6) is 0 Å². The number of aliphatic hydroxyl groups excluding tert-OH is 1. The summed E-state index contributed by atoms with van der Waals surface area (Å²) < 4.78 is 0. The van der Waals surface area contributed by atoms with Crippen LogP contribution in [0.2, 0.25) is 0 Å². The largest absolute Gasteiger partial charge is 0.393 e. The smallest absolute Gasteiger partial charge is 0.0617 e. The number of aliphatic hydroxyl groups is 2. The second kappa shape index (κ2) is 9.00. The second-order valence-electron chi connectivity index (χ2n) is 5.25. The molecule has 0 saturated carbocycles. The van der Waals surface area contributed by atoms with Gasteiger partial charge < -0.3 is 10.2 Å². The molecule has 0 aromatic rings. The van der Waals surface area contributed by atoms with Gasteiger partial charge in [-0.05, 0) is 39.0 Å². The maximum atomic E-state index is 9.80. The maximum Gasteiger partial charge on any atom is 0.0617 e. The average molecular weight is 230 g/mol. The van der Waals surface area contributed by atoms with Gasteiger partial charge >= 0.3 is 0 Å². The average Bonchev–Trinajstić information content (AvgIpc) is 2.24. The van der Waals surface area contributed by atoms with Crippen molar-refractivity contribution in [3.05, 3.63) is 0 Å². The molecule has 0 radical (unpaired) electrons. The molecule has 0 aliphatic heterocycles. The van der Waals surface area contributed by atoms with Crippen molar-refractivity contribution in [2.24, 2.45) is 0 Å². The topological polar surface area (TPSA) is 40.5 Å². The molecule has 2 heteroatoms. The molecular formula is C14H30O2. The van der Waals surface area contributed by atoms with Crippen LogP contribution in [0.25, 0.3) is 0 Å². The molecule has 0 aromatic carbocycles. The molecule has 0 fully saturated rings. The third kappa shape index (κ3) is 9.17. The Morgan fingerprint density at radius 1 is 1.00 bits per heavy atom. The first kappa shape index (κ1) is 15.9. The quantitative estimate of drug-likeness (QED) is 0.562. The van der Waals surface area contributed by atoms with Crippen LogP contribution in [-0.4, -0.2) is 21.9 Å². The molecule has 0 saturated heterocycles. The van der Waals surface area contributed by atoms with E-state index in [1.165, 1.54) is 19.3 Å². The first-order valence-electron chi connectivity index (χ1n) is 6.92. The fourth-order valence-corrected chi connectivity index (χ4v) is 1.85. The molecule has 0 heterocycles. The molecule has 0 bridgehead atoms. The monoisotopic (exact) mass is 230 g/mol. The highest BCUT2D eigenvalue weighted by Crippen LogP contribution is 2.19. The Morgan fingerprint density at radius 2 is 1.62 bits per heavy atom. The summed E-state index contributed by atoms with van der Waals surface area (Å²) >= 11 is 0. The molecule has 98 valence electrons. The zero-order valence-electron chi connectivity index (χ0n) is 11.3. The van der Waals surface area contributed by atoms with Crippen LogP contribution in [-0.2, 0) is 0 Å². The summed E-state index contributed by atoms with van der Waals surface area (Å²) in [7, 11) is 0. The van der Waals surface area contributed by atoms with Crippen LogP contribution < -0.4 is 0 Å². The molecule has 0 aliphatic rings. The van der Waals surface area contributed by atoms with Crippen LogP contribution >= 0.6 is 0 Å². The highest BCUT2D eigenvalue weighted by molar-refractivity contribution is 4.70. The van der Waals surface area contributed by atoms with E-state index in [0.717, 1.165) is 38.5 Å². The summed E-state index contributed by atoms with van der Waals surface area (Å²) in [4.78, 5) is 0. The first-order valence-corrected chi connectivity index (χ1v) is 6.92. The van der Waals surface area contributed by atoms with Crippen molar-refractivity contribution >= 4 is 0 Å². The first-order chi connectivity index (χ1) is 7.52.